The average molecular weight is 391 g/mol. The highest BCUT2D eigenvalue weighted by atomic mass is 16.6. The minimum Gasteiger partial charge on any atom is -0.444 e. The summed E-state index contributed by atoms with van der Waals surface area (Å²) in [7, 11) is 0. The van der Waals surface area contributed by atoms with E-state index in [2.05, 4.69) is 48.4 Å². The Bertz CT molecular complexity index is 606. The fraction of sp³-hybridized carbons (Fsp3) is 0.652. The summed E-state index contributed by atoms with van der Waals surface area (Å²) in [6.45, 7) is 13.3. The minimum absolute atomic E-state index is 0.101. The highest BCUT2D eigenvalue weighted by Crippen LogP contribution is 2.20. The van der Waals surface area contributed by atoms with Crippen LogP contribution >= 0.6 is 0 Å². The molecule has 5 heteroatoms. The molecular weight excluding hydrogens is 352 g/mol. The number of ether oxygens (including phenoxy) is 1. The Kier molecular flexibility index (Phi) is 10.0. The van der Waals surface area contributed by atoms with Crippen molar-refractivity contribution in [2.45, 2.75) is 85.3 Å². The van der Waals surface area contributed by atoms with E-state index < -0.39 is 5.60 Å². The number of hydrogen-bond acceptors (Lipinski definition) is 4. The van der Waals surface area contributed by atoms with Gasteiger partial charge >= 0.3 is 6.09 Å². The molecule has 0 aromatic rings. The monoisotopic (exact) mass is 390 g/mol. The molecule has 1 amide bonds. The summed E-state index contributed by atoms with van der Waals surface area (Å²) in [5.41, 5.74) is 1.93. The van der Waals surface area contributed by atoms with Gasteiger partial charge in [-0.3, -0.25) is 4.79 Å². The van der Waals surface area contributed by atoms with Gasteiger partial charge in [0.25, 0.3) is 0 Å². The molecule has 0 aliphatic carbocycles. The van der Waals surface area contributed by atoms with Crippen molar-refractivity contribution in [3.8, 4) is 0 Å². The number of nitrogens with zero attached hydrogens (tertiary/aromatic N) is 1. The Labute approximate surface area is 170 Å². The lowest BCUT2D eigenvalue weighted by Gasteiger charge is -2.42. The van der Waals surface area contributed by atoms with Crippen molar-refractivity contribution in [3.63, 3.8) is 0 Å². The highest BCUT2D eigenvalue weighted by Gasteiger charge is 2.30. The van der Waals surface area contributed by atoms with Gasteiger partial charge < -0.3 is 15.0 Å². The second-order valence-corrected chi connectivity index (χ2v) is 8.41. The SMILES string of the molecule is CC/C=C/C=C(\C=C(/C)CCCC(=O)CC)N1CC(NC(=O)OC(C)(C)C)C1. The van der Waals surface area contributed by atoms with Crippen molar-refractivity contribution < 1.29 is 14.3 Å². The maximum Gasteiger partial charge on any atom is 0.407 e. The van der Waals surface area contributed by atoms with E-state index in [1.165, 1.54) is 5.57 Å². The molecule has 1 aliphatic rings. The number of amides is 1. The third-order valence-electron chi connectivity index (χ3n) is 4.42. The molecule has 0 atom stereocenters. The summed E-state index contributed by atoms with van der Waals surface area (Å²) >= 11 is 0. The van der Waals surface area contributed by atoms with Crippen LogP contribution < -0.4 is 5.32 Å². The first-order valence-corrected chi connectivity index (χ1v) is 10.4. The third kappa shape index (κ3) is 9.77. The number of rotatable bonds is 10. The Balaban J connectivity index is 2.61. The van der Waals surface area contributed by atoms with Gasteiger partial charge in [-0.2, -0.15) is 0 Å². The van der Waals surface area contributed by atoms with Crippen molar-refractivity contribution >= 4 is 11.9 Å². The summed E-state index contributed by atoms with van der Waals surface area (Å²) < 4.78 is 5.32. The normalized spacial score (nSPS) is 16.3. The number of allylic oxidation sites excluding steroid dienone is 5. The molecular formula is C23H38N2O3. The molecule has 1 fully saturated rings. The molecule has 158 valence electrons. The Morgan fingerprint density at radius 1 is 1.18 bits per heavy atom. The molecule has 1 N–H and O–H groups in total. The molecule has 1 aliphatic heterocycles. The second kappa shape index (κ2) is 11.7. The molecule has 0 spiro atoms. The number of Topliss-reactive ketones (excluding diaryl/α,β-unsaturated/α-hetero) is 1. The van der Waals surface area contributed by atoms with Gasteiger partial charge in [0.05, 0.1) is 6.04 Å². The van der Waals surface area contributed by atoms with Crippen LogP contribution in [0.25, 0.3) is 0 Å². The molecule has 0 saturated carbocycles. The molecule has 0 radical (unpaired) electrons. The first-order chi connectivity index (χ1) is 13.1. The van der Waals surface area contributed by atoms with Crippen molar-refractivity contribution in [3.05, 3.63) is 35.6 Å². The number of nitrogens with one attached hydrogen (secondary N) is 1. The number of ketones is 1. The van der Waals surface area contributed by atoms with E-state index in [0.29, 0.717) is 18.6 Å². The minimum atomic E-state index is -0.484. The van der Waals surface area contributed by atoms with E-state index in [0.717, 1.165) is 38.0 Å². The molecule has 0 aromatic carbocycles. The second-order valence-electron chi connectivity index (χ2n) is 8.41. The predicted molar refractivity (Wildman–Crippen MR) is 115 cm³/mol. The zero-order chi connectivity index (χ0) is 21.2. The van der Waals surface area contributed by atoms with Gasteiger partial charge in [-0.15, -0.1) is 0 Å². The van der Waals surface area contributed by atoms with Gasteiger partial charge in [0.15, 0.2) is 0 Å². The summed E-state index contributed by atoms with van der Waals surface area (Å²) in [6.07, 6.45) is 12.2. The fourth-order valence-corrected chi connectivity index (χ4v) is 2.87. The van der Waals surface area contributed by atoms with Crippen LogP contribution in [0.4, 0.5) is 4.79 Å². The third-order valence-corrected chi connectivity index (χ3v) is 4.42. The van der Waals surface area contributed by atoms with Gasteiger partial charge in [-0.1, -0.05) is 31.6 Å². The summed E-state index contributed by atoms with van der Waals surface area (Å²) in [5, 5.41) is 2.93. The largest absolute Gasteiger partial charge is 0.444 e. The molecule has 1 heterocycles. The highest BCUT2D eigenvalue weighted by molar-refractivity contribution is 5.77. The van der Waals surface area contributed by atoms with Gasteiger partial charge in [-0.25, -0.2) is 4.79 Å². The van der Waals surface area contributed by atoms with E-state index in [1.807, 2.05) is 27.7 Å². The maximum absolute atomic E-state index is 11.9. The smallest absolute Gasteiger partial charge is 0.407 e. The van der Waals surface area contributed by atoms with E-state index in [-0.39, 0.29) is 12.1 Å². The number of carbonyl (C=O) groups is 2. The zero-order valence-electron chi connectivity index (χ0n) is 18.5. The van der Waals surface area contributed by atoms with Crippen molar-refractivity contribution in [1.82, 2.24) is 10.2 Å². The maximum atomic E-state index is 11.9. The van der Waals surface area contributed by atoms with Crippen LogP contribution in [0.15, 0.2) is 35.6 Å². The van der Waals surface area contributed by atoms with E-state index in [4.69, 9.17) is 4.74 Å². The molecule has 1 rings (SSSR count). The van der Waals surface area contributed by atoms with Crippen molar-refractivity contribution in [2.75, 3.05) is 13.1 Å². The molecule has 1 saturated heterocycles. The summed E-state index contributed by atoms with van der Waals surface area (Å²) in [4.78, 5) is 25.6. The summed E-state index contributed by atoms with van der Waals surface area (Å²) in [6, 6.07) is 0.101. The van der Waals surface area contributed by atoms with Crippen LogP contribution in [0.3, 0.4) is 0 Å². The first kappa shape index (κ1) is 24.0. The lowest BCUT2D eigenvalue weighted by Crippen LogP contribution is -2.58. The standard InChI is InChI=1S/C23H38N2O3/c1-7-9-10-13-20(15-18(3)12-11-14-21(26)8-2)25-16-19(17-25)24-22(27)28-23(4,5)6/h9-10,13,15,19H,7-8,11-12,14,16-17H2,1-6H3,(H,24,27)/b10-9+,18-15+,20-13+. The van der Waals surface area contributed by atoms with Crippen molar-refractivity contribution in [1.29, 1.82) is 0 Å². The number of carbonyl (C=O) groups excluding carboxylic acids is 2. The van der Waals surface area contributed by atoms with Crippen LogP contribution in [0.5, 0.6) is 0 Å². The molecule has 0 bridgehead atoms. The lowest BCUT2D eigenvalue weighted by molar-refractivity contribution is -0.118. The summed E-state index contributed by atoms with van der Waals surface area (Å²) in [5.74, 6) is 0.327. The molecule has 28 heavy (non-hydrogen) atoms. The van der Waals surface area contributed by atoms with E-state index in [1.54, 1.807) is 0 Å². The average Bonchev–Trinajstić information content (AvgIpc) is 2.55. The first-order valence-electron chi connectivity index (χ1n) is 10.4. The van der Waals surface area contributed by atoms with E-state index in [9.17, 15) is 9.59 Å². The Hall–Kier alpha value is -2.04. The van der Waals surface area contributed by atoms with Crippen LogP contribution in [-0.4, -0.2) is 41.5 Å². The zero-order valence-corrected chi connectivity index (χ0v) is 18.5. The van der Waals surface area contributed by atoms with Gasteiger partial charge in [-0.05, 0) is 59.1 Å². The van der Waals surface area contributed by atoms with Crippen LogP contribution in [0.2, 0.25) is 0 Å². The van der Waals surface area contributed by atoms with Crippen molar-refractivity contribution in [2.24, 2.45) is 0 Å². The Morgan fingerprint density at radius 2 is 1.86 bits per heavy atom. The molecule has 0 aromatic heterocycles. The quantitative estimate of drug-likeness (QED) is 0.525. The van der Waals surface area contributed by atoms with Crippen LogP contribution in [0.1, 0.15) is 73.6 Å². The van der Waals surface area contributed by atoms with Gasteiger partial charge in [0.1, 0.15) is 11.4 Å². The van der Waals surface area contributed by atoms with Gasteiger partial charge in [0.2, 0.25) is 0 Å². The predicted octanol–water partition coefficient (Wildman–Crippen LogP) is 5.14. The molecule has 0 unspecified atom stereocenters. The van der Waals surface area contributed by atoms with Crippen LogP contribution in [-0.2, 0) is 9.53 Å². The number of likely N-dealkylation sites (tertiary alicyclic amines) is 1. The Morgan fingerprint density at radius 3 is 2.43 bits per heavy atom. The van der Waals surface area contributed by atoms with Crippen LogP contribution in [0, 0.1) is 0 Å². The topological polar surface area (TPSA) is 58.6 Å². The fourth-order valence-electron chi connectivity index (χ4n) is 2.87. The number of hydrogen-bond donors (Lipinski definition) is 1. The lowest BCUT2D eigenvalue weighted by atomic mass is 10.0. The number of alkyl carbamates (subject to hydrolysis) is 1. The molecule has 5 nitrogen and oxygen atoms in total. The van der Waals surface area contributed by atoms with E-state index >= 15 is 0 Å². The van der Waals surface area contributed by atoms with Gasteiger partial charge in [0, 0.05) is 31.6 Å².